The molecule has 0 N–H and O–H groups in total. The summed E-state index contributed by atoms with van der Waals surface area (Å²) in [6, 6.07) is 6.39. The summed E-state index contributed by atoms with van der Waals surface area (Å²) in [4.78, 5) is 4.39. The van der Waals surface area contributed by atoms with Gasteiger partial charge in [-0.05, 0) is 47.9 Å². The molecule has 76 valence electrons. The summed E-state index contributed by atoms with van der Waals surface area (Å²) < 4.78 is 0. The highest BCUT2D eigenvalue weighted by Crippen LogP contribution is 2.45. The summed E-state index contributed by atoms with van der Waals surface area (Å²) in [5.41, 5.74) is 7.91. The van der Waals surface area contributed by atoms with Crippen molar-refractivity contribution in [1.29, 1.82) is 0 Å². The molecule has 3 aliphatic rings. The van der Waals surface area contributed by atoms with Gasteiger partial charge in [0, 0.05) is 5.56 Å². The highest BCUT2D eigenvalue weighted by molar-refractivity contribution is 6.09. The maximum absolute atomic E-state index is 4.39. The molecule has 4 rings (SSSR count). The molecular formula is C15H11N. The molecule has 0 saturated heterocycles. The minimum absolute atomic E-state index is 1.07. The Kier molecular flexibility index (Phi) is 1.48. The Bertz CT molecular complexity index is 623. The molecule has 0 fully saturated rings. The average molecular weight is 205 g/mol. The van der Waals surface area contributed by atoms with Crippen LogP contribution in [0.3, 0.4) is 0 Å². The van der Waals surface area contributed by atoms with Gasteiger partial charge in [-0.1, -0.05) is 24.3 Å². The molecule has 1 nitrogen and oxygen atoms in total. The third kappa shape index (κ3) is 0.937. The standard InChI is InChI=1S/C15H11N/c1-2-6-12-10(4-1)8-11-5-3-7-14-15(11)13(12)9-16-14/h3-7H,1-2,8H2. The topological polar surface area (TPSA) is 12.4 Å². The van der Waals surface area contributed by atoms with Gasteiger partial charge in [0.2, 0.25) is 0 Å². The lowest BCUT2D eigenvalue weighted by Gasteiger charge is -2.24. The SMILES string of the molecule is C1=Nc2cccc3c2C=1C1=CCCC=C1C3. The Morgan fingerprint density at radius 3 is 3.06 bits per heavy atom. The molecule has 0 amide bonds. The monoisotopic (exact) mass is 205 g/mol. The highest BCUT2D eigenvalue weighted by atomic mass is 14.7. The van der Waals surface area contributed by atoms with Crippen LogP contribution in [0.25, 0.3) is 5.57 Å². The van der Waals surface area contributed by atoms with Gasteiger partial charge in [-0.2, -0.15) is 0 Å². The molecule has 0 unspecified atom stereocenters. The van der Waals surface area contributed by atoms with Crippen molar-refractivity contribution < 1.29 is 0 Å². The van der Waals surface area contributed by atoms with E-state index in [1.54, 1.807) is 0 Å². The minimum atomic E-state index is 1.07. The fourth-order valence-electron chi connectivity index (χ4n) is 2.84. The lowest BCUT2D eigenvalue weighted by Crippen LogP contribution is -2.09. The summed E-state index contributed by atoms with van der Waals surface area (Å²) in [5.74, 6) is 3.20. The van der Waals surface area contributed by atoms with Crippen molar-refractivity contribution in [2.24, 2.45) is 4.99 Å². The Hall–Kier alpha value is -1.85. The van der Waals surface area contributed by atoms with Crippen LogP contribution < -0.4 is 0 Å². The number of fused-ring (bicyclic) bond motifs is 2. The van der Waals surface area contributed by atoms with Crippen LogP contribution in [-0.4, -0.2) is 5.87 Å². The van der Waals surface area contributed by atoms with E-state index in [0.717, 1.165) is 18.5 Å². The molecular weight excluding hydrogens is 194 g/mol. The molecule has 1 aromatic rings. The Morgan fingerprint density at radius 2 is 2.06 bits per heavy atom. The van der Waals surface area contributed by atoms with E-state index >= 15 is 0 Å². The zero-order valence-electron chi connectivity index (χ0n) is 8.96. The van der Waals surface area contributed by atoms with E-state index in [9.17, 15) is 0 Å². The summed E-state index contributed by atoms with van der Waals surface area (Å²) >= 11 is 0. The van der Waals surface area contributed by atoms with Gasteiger partial charge in [0.15, 0.2) is 0 Å². The lowest BCUT2D eigenvalue weighted by atomic mass is 9.78. The second-order valence-electron chi connectivity index (χ2n) is 4.51. The van der Waals surface area contributed by atoms with Gasteiger partial charge in [-0.15, -0.1) is 0 Å². The Labute approximate surface area is 94.5 Å². The smallest absolute Gasteiger partial charge is 0.0818 e. The molecule has 2 aliphatic carbocycles. The van der Waals surface area contributed by atoms with Gasteiger partial charge in [-0.25, -0.2) is 4.99 Å². The van der Waals surface area contributed by atoms with Crippen molar-refractivity contribution >= 4 is 17.1 Å². The fraction of sp³-hybridized carbons (Fsp3) is 0.200. The molecule has 0 spiro atoms. The summed E-state index contributed by atoms with van der Waals surface area (Å²) in [7, 11) is 0. The number of benzene rings is 1. The largest absolute Gasteiger partial charge is 0.205 e. The molecule has 0 aromatic heterocycles. The van der Waals surface area contributed by atoms with Crippen molar-refractivity contribution in [3.8, 4) is 0 Å². The van der Waals surface area contributed by atoms with E-state index in [2.05, 4.69) is 41.2 Å². The number of hydrogen-bond acceptors (Lipinski definition) is 1. The van der Waals surface area contributed by atoms with E-state index in [-0.39, 0.29) is 0 Å². The van der Waals surface area contributed by atoms with Gasteiger partial charge in [0.05, 0.1) is 11.3 Å². The van der Waals surface area contributed by atoms with Crippen LogP contribution in [0.15, 0.2) is 46.5 Å². The molecule has 0 bridgehead atoms. The molecule has 1 aliphatic heterocycles. The predicted octanol–water partition coefficient (Wildman–Crippen LogP) is 3.59. The Balaban J connectivity index is 2.06. The number of aliphatic imine (C=N–C) groups is 1. The minimum Gasteiger partial charge on any atom is -0.205 e. The van der Waals surface area contributed by atoms with Crippen molar-refractivity contribution in [3.05, 3.63) is 52.6 Å². The first-order valence-electron chi connectivity index (χ1n) is 5.79. The normalized spacial score (nSPS) is 19.6. The lowest BCUT2D eigenvalue weighted by molar-refractivity contribution is 0.969. The molecule has 0 radical (unpaired) electrons. The molecule has 1 heteroatoms. The van der Waals surface area contributed by atoms with Crippen molar-refractivity contribution in [2.75, 3.05) is 0 Å². The first-order valence-corrected chi connectivity index (χ1v) is 5.79. The zero-order valence-corrected chi connectivity index (χ0v) is 8.96. The predicted molar refractivity (Wildman–Crippen MR) is 66.0 cm³/mol. The van der Waals surface area contributed by atoms with Crippen molar-refractivity contribution in [1.82, 2.24) is 0 Å². The first kappa shape index (κ1) is 8.32. The number of allylic oxidation sites excluding steroid dienone is 5. The summed E-state index contributed by atoms with van der Waals surface area (Å²) in [6.07, 6.45) is 8.12. The molecule has 1 aromatic carbocycles. The zero-order chi connectivity index (χ0) is 10.5. The molecule has 0 saturated carbocycles. The van der Waals surface area contributed by atoms with E-state index in [4.69, 9.17) is 0 Å². The number of rotatable bonds is 0. The third-order valence-corrected chi connectivity index (χ3v) is 3.57. The van der Waals surface area contributed by atoms with E-state index in [1.165, 1.54) is 34.3 Å². The van der Waals surface area contributed by atoms with Gasteiger partial charge >= 0.3 is 0 Å². The highest BCUT2D eigenvalue weighted by Gasteiger charge is 2.27. The third-order valence-electron chi connectivity index (χ3n) is 3.57. The van der Waals surface area contributed by atoms with Crippen LogP contribution in [0.2, 0.25) is 0 Å². The van der Waals surface area contributed by atoms with Crippen LogP contribution in [0.5, 0.6) is 0 Å². The van der Waals surface area contributed by atoms with Gasteiger partial charge in [-0.3, -0.25) is 0 Å². The maximum Gasteiger partial charge on any atom is 0.0818 e. The summed E-state index contributed by atoms with van der Waals surface area (Å²) in [6.45, 7) is 0. The quantitative estimate of drug-likeness (QED) is 0.613. The van der Waals surface area contributed by atoms with E-state index in [1.807, 2.05) is 0 Å². The summed E-state index contributed by atoms with van der Waals surface area (Å²) in [5, 5.41) is 0. The number of nitrogens with zero attached hydrogens (tertiary/aromatic N) is 1. The Morgan fingerprint density at radius 1 is 1.12 bits per heavy atom. The first-order chi connectivity index (χ1) is 7.93. The van der Waals surface area contributed by atoms with Crippen LogP contribution in [0.4, 0.5) is 5.69 Å². The van der Waals surface area contributed by atoms with Crippen molar-refractivity contribution in [3.63, 3.8) is 0 Å². The molecule has 0 atom stereocenters. The van der Waals surface area contributed by atoms with Gasteiger partial charge in [0.25, 0.3) is 0 Å². The van der Waals surface area contributed by atoms with Gasteiger partial charge in [0.1, 0.15) is 0 Å². The van der Waals surface area contributed by atoms with E-state index < -0.39 is 0 Å². The average Bonchev–Trinajstić information content (AvgIpc) is 2.76. The maximum atomic E-state index is 4.39. The van der Waals surface area contributed by atoms with Crippen LogP contribution in [0, 0.1) is 0 Å². The molecule has 16 heavy (non-hydrogen) atoms. The van der Waals surface area contributed by atoms with Crippen molar-refractivity contribution in [2.45, 2.75) is 19.3 Å². The fourth-order valence-corrected chi connectivity index (χ4v) is 2.84. The van der Waals surface area contributed by atoms with Crippen LogP contribution >= 0.6 is 0 Å². The number of hydrogen-bond donors (Lipinski definition) is 0. The van der Waals surface area contributed by atoms with Gasteiger partial charge < -0.3 is 0 Å². The van der Waals surface area contributed by atoms with Crippen LogP contribution in [0.1, 0.15) is 24.0 Å². The van der Waals surface area contributed by atoms with Crippen LogP contribution in [-0.2, 0) is 6.42 Å². The molecule has 1 heterocycles. The van der Waals surface area contributed by atoms with E-state index in [0.29, 0.717) is 0 Å². The second-order valence-corrected chi connectivity index (χ2v) is 4.51. The second kappa shape index (κ2) is 2.84.